The predicted molar refractivity (Wildman–Crippen MR) is 154 cm³/mol. The molecule has 0 aromatic heterocycles. The van der Waals surface area contributed by atoms with Crippen LogP contribution in [0, 0.1) is 0 Å². The first kappa shape index (κ1) is 29.5. The van der Waals surface area contributed by atoms with Gasteiger partial charge in [-0.05, 0) is 28.7 Å². The number of aliphatic hydroxyl groups is 2. The Morgan fingerprint density at radius 2 is 1.84 bits per heavy atom. The van der Waals surface area contributed by atoms with E-state index < -0.39 is 43.0 Å². The third-order valence-electron chi connectivity index (χ3n) is 8.68. The molecule has 2 aromatic carbocycles. The van der Waals surface area contributed by atoms with Crippen molar-refractivity contribution in [1.29, 1.82) is 0 Å². The van der Waals surface area contributed by atoms with Gasteiger partial charge < -0.3 is 35.2 Å². The fraction of sp³-hybridized carbons (Fsp3) is 0.500. The van der Waals surface area contributed by atoms with Gasteiger partial charge in [-0.2, -0.15) is 0 Å². The molecular weight excluding hydrogens is 556 g/mol. The second kappa shape index (κ2) is 12.6. The first-order chi connectivity index (χ1) is 20.8. The van der Waals surface area contributed by atoms with Gasteiger partial charge in [0.2, 0.25) is 11.8 Å². The van der Waals surface area contributed by atoms with Crippen LogP contribution in [0.15, 0.2) is 48.5 Å². The molecule has 230 valence electrons. The van der Waals surface area contributed by atoms with Gasteiger partial charge in [-0.25, -0.2) is 9.69 Å². The standard InChI is InChI=1S/C30H38N6O7/c1-35(30(41)42-15-21-19-9-4-2-7-17(19)18-8-3-5-10-20(18)21)12-6-11-24(39)32-29-33-27-26(28(40)34-29)31-16-36(27)25-13-22(38)23(14-37)43-25/h2-5,7-10,21-23,25-27,29,31,33,37-38H,6,11-16H2,1H3,(H,32,39)(H,34,40)/t22?,23-,25+,26?,27?,29?/m1/s1. The van der Waals surface area contributed by atoms with Crippen molar-refractivity contribution in [3.8, 4) is 11.1 Å². The molecule has 6 rings (SSSR count). The normalized spacial score (nSPS) is 28.1. The molecule has 4 unspecified atom stereocenters. The lowest BCUT2D eigenvalue weighted by molar-refractivity contribution is -0.132. The monoisotopic (exact) mass is 594 g/mol. The third-order valence-corrected chi connectivity index (χ3v) is 8.68. The van der Waals surface area contributed by atoms with Gasteiger partial charge in [0, 0.05) is 32.4 Å². The Balaban J connectivity index is 0.950. The van der Waals surface area contributed by atoms with Crippen molar-refractivity contribution >= 4 is 17.9 Å². The molecule has 6 N–H and O–H groups in total. The van der Waals surface area contributed by atoms with Gasteiger partial charge >= 0.3 is 6.09 Å². The highest BCUT2D eigenvalue weighted by Gasteiger charge is 2.49. The van der Waals surface area contributed by atoms with Crippen molar-refractivity contribution in [3.05, 3.63) is 59.7 Å². The molecule has 3 aliphatic heterocycles. The van der Waals surface area contributed by atoms with Crippen molar-refractivity contribution in [2.75, 3.05) is 33.5 Å². The highest BCUT2D eigenvalue weighted by Crippen LogP contribution is 2.44. The lowest BCUT2D eigenvalue weighted by Gasteiger charge is -2.38. The summed E-state index contributed by atoms with van der Waals surface area (Å²) in [5, 5.41) is 31.4. The van der Waals surface area contributed by atoms with E-state index in [1.165, 1.54) is 4.90 Å². The van der Waals surface area contributed by atoms with Gasteiger partial charge in [-0.15, -0.1) is 0 Å². The molecule has 0 saturated carbocycles. The summed E-state index contributed by atoms with van der Waals surface area (Å²) >= 11 is 0. The van der Waals surface area contributed by atoms with Crippen molar-refractivity contribution in [2.45, 2.75) is 62.1 Å². The number of hydrogen-bond acceptors (Lipinski definition) is 10. The number of benzene rings is 2. The minimum Gasteiger partial charge on any atom is -0.448 e. The molecule has 0 radical (unpaired) electrons. The molecule has 3 heterocycles. The van der Waals surface area contributed by atoms with Crippen LogP contribution in [0.25, 0.3) is 11.1 Å². The van der Waals surface area contributed by atoms with Crippen molar-refractivity contribution in [1.82, 2.24) is 31.1 Å². The van der Waals surface area contributed by atoms with Gasteiger partial charge in [0.1, 0.15) is 25.0 Å². The molecule has 3 amide bonds. The molecule has 0 spiro atoms. The van der Waals surface area contributed by atoms with E-state index in [1.54, 1.807) is 7.05 Å². The van der Waals surface area contributed by atoms with Crippen LogP contribution in [-0.4, -0.2) is 108 Å². The molecule has 0 bridgehead atoms. The van der Waals surface area contributed by atoms with Gasteiger partial charge in [-0.1, -0.05) is 48.5 Å². The van der Waals surface area contributed by atoms with E-state index in [4.69, 9.17) is 9.47 Å². The van der Waals surface area contributed by atoms with Crippen LogP contribution in [0.3, 0.4) is 0 Å². The van der Waals surface area contributed by atoms with Crippen molar-refractivity contribution < 1.29 is 34.1 Å². The fourth-order valence-corrected chi connectivity index (χ4v) is 6.43. The molecule has 4 aliphatic rings. The second-order valence-electron chi connectivity index (χ2n) is 11.4. The van der Waals surface area contributed by atoms with E-state index in [0.29, 0.717) is 26.1 Å². The van der Waals surface area contributed by atoms with E-state index in [-0.39, 0.29) is 37.4 Å². The fourth-order valence-electron chi connectivity index (χ4n) is 6.43. The Labute approximate surface area is 249 Å². The van der Waals surface area contributed by atoms with Crippen LogP contribution in [0.4, 0.5) is 4.79 Å². The Bertz CT molecular complexity index is 1310. The number of rotatable bonds is 9. The first-order valence-corrected chi connectivity index (χ1v) is 14.7. The smallest absolute Gasteiger partial charge is 0.409 e. The summed E-state index contributed by atoms with van der Waals surface area (Å²) < 4.78 is 11.4. The number of hydrogen-bond donors (Lipinski definition) is 6. The first-order valence-electron chi connectivity index (χ1n) is 14.7. The van der Waals surface area contributed by atoms with Crippen LogP contribution in [0.1, 0.15) is 36.3 Å². The molecule has 13 nitrogen and oxygen atoms in total. The summed E-state index contributed by atoms with van der Waals surface area (Å²) in [7, 11) is 1.64. The number of carbonyl (C=O) groups excluding carboxylic acids is 3. The zero-order valence-electron chi connectivity index (χ0n) is 23.9. The highest BCUT2D eigenvalue weighted by atomic mass is 16.6. The summed E-state index contributed by atoms with van der Waals surface area (Å²) in [6.45, 7) is 0.596. The van der Waals surface area contributed by atoms with Crippen LogP contribution in [0.5, 0.6) is 0 Å². The number of carbonyl (C=O) groups is 3. The molecule has 3 saturated heterocycles. The van der Waals surface area contributed by atoms with E-state index in [1.807, 2.05) is 29.2 Å². The van der Waals surface area contributed by atoms with E-state index in [0.717, 1.165) is 22.3 Å². The summed E-state index contributed by atoms with van der Waals surface area (Å²) in [6.07, 6.45) is -2.85. The molecule has 3 fully saturated rings. The average Bonchev–Trinajstić information content (AvgIpc) is 3.69. The van der Waals surface area contributed by atoms with E-state index in [9.17, 15) is 24.6 Å². The average molecular weight is 595 g/mol. The van der Waals surface area contributed by atoms with Gasteiger partial charge in [0.15, 0.2) is 6.29 Å². The maximum Gasteiger partial charge on any atom is 0.409 e. The molecule has 1 aliphatic carbocycles. The maximum atomic E-state index is 12.8. The number of nitrogens with zero attached hydrogens (tertiary/aromatic N) is 2. The summed E-state index contributed by atoms with van der Waals surface area (Å²) in [5.41, 5.74) is 4.61. The van der Waals surface area contributed by atoms with E-state index >= 15 is 0 Å². The zero-order chi connectivity index (χ0) is 30.1. The van der Waals surface area contributed by atoms with Gasteiger partial charge in [-0.3, -0.25) is 20.2 Å². The van der Waals surface area contributed by atoms with Crippen LogP contribution in [0.2, 0.25) is 0 Å². The molecule has 6 atom stereocenters. The largest absolute Gasteiger partial charge is 0.448 e. The van der Waals surface area contributed by atoms with Crippen LogP contribution < -0.4 is 21.3 Å². The summed E-state index contributed by atoms with van der Waals surface area (Å²) in [6, 6.07) is 15.8. The summed E-state index contributed by atoms with van der Waals surface area (Å²) in [5.74, 6) is -0.591. The highest BCUT2D eigenvalue weighted by molar-refractivity contribution is 5.85. The SMILES string of the molecule is CN(CCCC(=O)NC1NC(=O)C2NCN([C@@H]3CC(O)[C@@H](CO)O3)C2N1)C(=O)OCC1c2ccccc2-c2ccccc21. The number of nitrogens with one attached hydrogen (secondary N) is 4. The van der Waals surface area contributed by atoms with Crippen LogP contribution >= 0.6 is 0 Å². The number of aliphatic hydroxyl groups excluding tert-OH is 2. The summed E-state index contributed by atoms with van der Waals surface area (Å²) in [4.78, 5) is 41.5. The zero-order valence-corrected chi connectivity index (χ0v) is 23.9. The Morgan fingerprint density at radius 3 is 2.51 bits per heavy atom. The van der Waals surface area contributed by atoms with Crippen LogP contribution in [-0.2, 0) is 19.1 Å². The van der Waals surface area contributed by atoms with Crippen molar-refractivity contribution in [2.24, 2.45) is 0 Å². The Morgan fingerprint density at radius 1 is 1.14 bits per heavy atom. The quantitative estimate of drug-likeness (QED) is 0.229. The predicted octanol–water partition coefficient (Wildman–Crippen LogP) is -0.208. The molecular formula is C30H38N6O7. The second-order valence-corrected chi connectivity index (χ2v) is 11.4. The lowest BCUT2D eigenvalue weighted by atomic mass is 9.98. The Kier molecular flexibility index (Phi) is 8.61. The molecule has 13 heteroatoms. The number of fused-ring (bicyclic) bond motifs is 4. The van der Waals surface area contributed by atoms with Crippen molar-refractivity contribution in [3.63, 3.8) is 0 Å². The molecule has 43 heavy (non-hydrogen) atoms. The topological polar surface area (TPSA) is 165 Å². The van der Waals surface area contributed by atoms with Gasteiger partial charge in [0.05, 0.1) is 25.5 Å². The number of ether oxygens (including phenoxy) is 2. The van der Waals surface area contributed by atoms with E-state index in [2.05, 4.69) is 45.5 Å². The number of amides is 3. The molecule has 2 aromatic rings. The third kappa shape index (κ3) is 5.96. The maximum absolute atomic E-state index is 12.8. The Hall–Kier alpha value is -3.59. The minimum atomic E-state index is -0.802. The lowest BCUT2D eigenvalue weighted by Crippen LogP contribution is -2.72. The van der Waals surface area contributed by atoms with Gasteiger partial charge in [0.25, 0.3) is 0 Å². The minimum absolute atomic E-state index is 0.0271.